The van der Waals surface area contributed by atoms with Crippen molar-refractivity contribution in [2.24, 2.45) is 0 Å². The Morgan fingerprint density at radius 1 is 1.25 bits per heavy atom. The van der Waals surface area contributed by atoms with Crippen LogP contribution >= 0.6 is 0 Å². The van der Waals surface area contributed by atoms with Crippen molar-refractivity contribution in [2.45, 2.75) is 51.0 Å². The first-order valence-corrected chi connectivity index (χ1v) is 7.48. The van der Waals surface area contributed by atoms with Crippen LogP contribution in [0.4, 0.5) is 16.4 Å². The van der Waals surface area contributed by atoms with Gasteiger partial charge < -0.3 is 10.6 Å². The number of carbonyl (C=O) groups excluding carboxylic acids is 1. The number of hydrogen-bond acceptors (Lipinski definition) is 4. The van der Waals surface area contributed by atoms with Crippen LogP contribution < -0.4 is 16.0 Å². The lowest BCUT2D eigenvalue weighted by Gasteiger charge is -2.16. The smallest absolute Gasteiger partial charge is 0.320 e. The summed E-state index contributed by atoms with van der Waals surface area (Å²) < 4.78 is 0. The summed E-state index contributed by atoms with van der Waals surface area (Å²) in [5, 5.41) is 8.98. The molecule has 1 fully saturated rings. The lowest BCUT2D eigenvalue weighted by molar-refractivity contribution is 0.247. The van der Waals surface area contributed by atoms with Crippen molar-refractivity contribution in [3.63, 3.8) is 0 Å². The Labute approximate surface area is 118 Å². The van der Waals surface area contributed by atoms with Gasteiger partial charge in [-0.1, -0.05) is 25.7 Å². The molecular formula is C14H21N5O. The van der Waals surface area contributed by atoms with Crippen LogP contribution in [0.15, 0.2) is 6.20 Å². The van der Waals surface area contributed by atoms with Gasteiger partial charge in [-0.05, 0) is 12.8 Å². The van der Waals surface area contributed by atoms with E-state index in [9.17, 15) is 4.79 Å². The summed E-state index contributed by atoms with van der Waals surface area (Å²) >= 11 is 0. The van der Waals surface area contributed by atoms with Crippen molar-refractivity contribution in [1.82, 2.24) is 15.3 Å². The van der Waals surface area contributed by atoms with Gasteiger partial charge in [-0.25, -0.2) is 14.8 Å². The molecule has 1 saturated carbocycles. The third-order valence-electron chi connectivity index (χ3n) is 3.93. The van der Waals surface area contributed by atoms with E-state index in [1.807, 2.05) is 0 Å². The van der Waals surface area contributed by atoms with Crippen molar-refractivity contribution in [2.75, 3.05) is 17.2 Å². The molecule has 6 nitrogen and oxygen atoms in total. The predicted molar refractivity (Wildman–Crippen MR) is 77.9 cm³/mol. The molecule has 1 aromatic heterocycles. The number of rotatable bonds is 2. The summed E-state index contributed by atoms with van der Waals surface area (Å²) in [5.74, 6) is 1.36. The Morgan fingerprint density at radius 2 is 2.05 bits per heavy atom. The minimum absolute atomic E-state index is 0.169. The number of amides is 2. The molecule has 0 aromatic carbocycles. The molecule has 20 heavy (non-hydrogen) atoms. The third-order valence-corrected chi connectivity index (χ3v) is 3.93. The Hall–Kier alpha value is -1.85. The summed E-state index contributed by atoms with van der Waals surface area (Å²) in [6.07, 6.45) is 9.59. The van der Waals surface area contributed by atoms with Crippen molar-refractivity contribution in [3.8, 4) is 0 Å². The molecular weight excluding hydrogens is 254 g/mol. The zero-order valence-electron chi connectivity index (χ0n) is 11.6. The highest BCUT2D eigenvalue weighted by Crippen LogP contribution is 2.19. The van der Waals surface area contributed by atoms with E-state index in [1.165, 1.54) is 25.7 Å². The van der Waals surface area contributed by atoms with Gasteiger partial charge >= 0.3 is 6.03 Å². The zero-order valence-corrected chi connectivity index (χ0v) is 11.6. The number of fused-ring (bicyclic) bond motifs is 1. The van der Waals surface area contributed by atoms with E-state index in [-0.39, 0.29) is 6.03 Å². The number of urea groups is 1. The number of anilines is 2. The molecule has 0 spiro atoms. The first-order valence-electron chi connectivity index (χ1n) is 7.48. The number of carbonyl (C=O) groups is 1. The molecule has 2 amide bonds. The maximum atomic E-state index is 12.0. The largest absolute Gasteiger partial charge is 0.368 e. The fraction of sp³-hybridized carbons (Fsp3) is 0.643. The Balaban J connectivity index is 1.55. The number of nitrogens with one attached hydrogen (secondary N) is 3. The summed E-state index contributed by atoms with van der Waals surface area (Å²) in [4.78, 5) is 20.7. The second-order valence-corrected chi connectivity index (χ2v) is 5.51. The van der Waals surface area contributed by atoms with E-state index in [1.54, 1.807) is 6.20 Å². The maximum absolute atomic E-state index is 12.0. The van der Waals surface area contributed by atoms with E-state index < -0.39 is 0 Å². The highest BCUT2D eigenvalue weighted by Gasteiger charge is 2.17. The van der Waals surface area contributed by atoms with Gasteiger partial charge in [0, 0.05) is 19.0 Å². The fourth-order valence-corrected chi connectivity index (χ4v) is 2.87. The van der Waals surface area contributed by atoms with E-state index in [4.69, 9.17) is 0 Å². The SMILES string of the molecule is O=C(Nc1cnc2c(n1)CCN2)NC1CCCCCC1. The van der Waals surface area contributed by atoms with Gasteiger partial charge in [0.2, 0.25) is 0 Å². The predicted octanol–water partition coefficient (Wildman–Crippen LogP) is 2.29. The van der Waals surface area contributed by atoms with E-state index in [0.29, 0.717) is 11.9 Å². The van der Waals surface area contributed by atoms with Crippen LogP contribution in [0, 0.1) is 0 Å². The normalized spacial score (nSPS) is 18.8. The molecule has 1 aliphatic heterocycles. The zero-order chi connectivity index (χ0) is 13.8. The molecule has 0 bridgehead atoms. The third kappa shape index (κ3) is 3.18. The van der Waals surface area contributed by atoms with Crippen molar-refractivity contribution in [1.29, 1.82) is 0 Å². The second kappa shape index (κ2) is 6.07. The topological polar surface area (TPSA) is 78.9 Å². The first kappa shape index (κ1) is 13.1. The summed E-state index contributed by atoms with van der Waals surface area (Å²) in [6.45, 7) is 0.868. The summed E-state index contributed by atoms with van der Waals surface area (Å²) in [6, 6.07) is 0.124. The summed E-state index contributed by atoms with van der Waals surface area (Å²) in [7, 11) is 0. The van der Waals surface area contributed by atoms with E-state index in [0.717, 1.165) is 37.3 Å². The minimum atomic E-state index is -0.169. The number of aromatic nitrogens is 2. The standard InChI is InChI=1S/C14H21N5O/c20-14(17-10-5-3-1-2-4-6-10)19-12-9-16-13-11(18-12)7-8-15-13/h9-10H,1-8H2,(H,15,16)(H2,17,18,19,20). The van der Waals surface area contributed by atoms with Gasteiger partial charge in [0.25, 0.3) is 0 Å². The van der Waals surface area contributed by atoms with Gasteiger partial charge in [0.15, 0.2) is 5.82 Å². The fourth-order valence-electron chi connectivity index (χ4n) is 2.87. The van der Waals surface area contributed by atoms with Crippen LogP contribution in [0.5, 0.6) is 0 Å². The molecule has 6 heteroatoms. The molecule has 2 heterocycles. The molecule has 0 saturated heterocycles. The molecule has 0 atom stereocenters. The van der Waals surface area contributed by atoms with Gasteiger partial charge in [-0.15, -0.1) is 0 Å². The van der Waals surface area contributed by atoms with Gasteiger partial charge in [-0.2, -0.15) is 0 Å². The van der Waals surface area contributed by atoms with Crippen LogP contribution in [-0.2, 0) is 6.42 Å². The highest BCUT2D eigenvalue weighted by atomic mass is 16.2. The molecule has 0 unspecified atom stereocenters. The summed E-state index contributed by atoms with van der Waals surface area (Å²) in [5.41, 5.74) is 0.928. The molecule has 3 N–H and O–H groups in total. The molecule has 2 aliphatic rings. The van der Waals surface area contributed by atoms with Crippen LogP contribution in [0.3, 0.4) is 0 Å². The van der Waals surface area contributed by atoms with Gasteiger partial charge in [0.1, 0.15) is 5.82 Å². The van der Waals surface area contributed by atoms with Gasteiger partial charge in [-0.3, -0.25) is 5.32 Å². The average Bonchev–Trinajstić information content (AvgIpc) is 2.75. The lowest BCUT2D eigenvalue weighted by atomic mass is 10.1. The number of hydrogen-bond donors (Lipinski definition) is 3. The van der Waals surface area contributed by atoms with E-state index >= 15 is 0 Å². The molecule has 0 radical (unpaired) electrons. The van der Waals surface area contributed by atoms with Crippen LogP contribution in [0.2, 0.25) is 0 Å². The second-order valence-electron chi connectivity index (χ2n) is 5.51. The quantitative estimate of drug-likeness (QED) is 0.724. The van der Waals surface area contributed by atoms with Crippen molar-refractivity contribution in [3.05, 3.63) is 11.9 Å². The molecule has 3 rings (SSSR count). The maximum Gasteiger partial charge on any atom is 0.320 e. The molecule has 108 valence electrons. The lowest BCUT2D eigenvalue weighted by Crippen LogP contribution is -2.37. The van der Waals surface area contributed by atoms with Crippen molar-refractivity contribution < 1.29 is 4.79 Å². The monoisotopic (exact) mass is 275 g/mol. The first-order chi connectivity index (χ1) is 9.81. The van der Waals surface area contributed by atoms with Crippen LogP contribution in [0.1, 0.15) is 44.2 Å². The van der Waals surface area contributed by atoms with Crippen LogP contribution in [-0.4, -0.2) is 28.6 Å². The molecule has 1 aromatic rings. The Bertz CT molecular complexity index is 482. The Kier molecular flexibility index (Phi) is 3.99. The van der Waals surface area contributed by atoms with Gasteiger partial charge in [0.05, 0.1) is 11.9 Å². The average molecular weight is 275 g/mol. The molecule has 1 aliphatic carbocycles. The number of nitrogens with zero attached hydrogens (tertiary/aromatic N) is 2. The highest BCUT2D eigenvalue weighted by molar-refractivity contribution is 5.88. The Morgan fingerprint density at radius 3 is 2.85 bits per heavy atom. The van der Waals surface area contributed by atoms with E-state index in [2.05, 4.69) is 25.9 Å². The van der Waals surface area contributed by atoms with Crippen LogP contribution in [0.25, 0.3) is 0 Å². The minimum Gasteiger partial charge on any atom is -0.368 e. The van der Waals surface area contributed by atoms with Crippen molar-refractivity contribution >= 4 is 17.7 Å².